The van der Waals surface area contributed by atoms with Gasteiger partial charge in [-0.15, -0.1) is 0 Å². The van der Waals surface area contributed by atoms with Crippen LogP contribution in [-0.2, 0) is 0 Å². The number of hydrogen-bond acceptors (Lipinski definition) is 5. The Morgan fingerprint density at radius 1 is 0.257 bits per heavy atom. The van der Waals surface area contributed by atoms with Crippen LogP contribution in [0.15, 0.2) is 267 Å². The lowest BCUT2D eigenvalue weighted by Gasteiger charge is -2.26. The minimum Gasteiger partial charge on any atom is -0.310 e. The second kappa shape index (κ2) is 18.6. The first kappa shape index (κ1) is 41.9. The average molecular weight is 897 g/mol. The highest BCUT2D eigenvalue weighted by molar-refractivity contribution is 5.86. The van der Waals surface area contributed by atoms with Gasteiger partial charge in [0.05, 0.1) is 11.4 Å². The molecule has 0 saturated heterocycles. The van der Waals surface area contributed by atoms with E-state index >= 15 is 0 Å². The first-order chi connectivity index (χ1) is 34.7. The van der Waals surface area contributed by atoms with E-state index in [1.54, 1.807) is 0 Å². The molecule has 0 N–H and O–H groups in total. The number of anilines is 3. The van der Waals surface area contributed by atoms with E-state index in [1.165, 1.54) is 0 Å². The van der Waals surface area contributed by atoms with Gasteiger partial charge in [-0.2, -0.15) is 0 Å². The quantitative estimate of drug-likeness (QED) is 0.129. The Morgan fingerprint density at radius 3 is 1.10 bits per heavy atom. The van der Waals surface area contributed by atoms with Crippen molar-refractivity contribution in [2.75, 3.05) is 4.90 Å². The van der Waals surface area contributed by atoms with Crippen molar-refractivity contribution in [3.63, 3.8) is 0 Å². The lowest BCUT2D eigenvalue weighted by Crippen LogP contribution is -2.09. The molecule has 0 unspecified atom stereocenters. The van der Waals surface area contributed by atoms with E-state index in [4.69, 9.17) is 19.9 Å². The molecule has 0 amide bonds. The molecule has 6 heteroatoms. The molecule has 0 atom stereocenters. The monoisotopic (exact) mass is 896 g/mol. The predicted molar refractivity (Wildman–Crippen MR) is 287 cm³/mol. The molecule has 3 aromatic heterocycles. The fourth-order valence-electron chi connectivity index (χ4n) is 9.15. The van der Waals surface area contributed by atoms with Crippen LogP contribution in [0.3, 0.4) is 0 Å². The van der Waals surface area contributed by atoms with E-state index in [0.29, 0.717) is 17.5 Å². The smallest absolute Gasteiger partial charge is 0.164 e. The minimum atomic E-state index is 0.612. The Labute approximate surface area is 407 Å². The average Bonchev–Trinajstić information content (AvgIpc) is 3.84. The third-order valence-corrected chi connectivity index (χ3v) is 12.7. The fourth-order valence-corrected chi connectivity index (χ4v) is 9.15. The van der Waals surface area contributed by atoms with Crippen LogP contribution in [0.2, 0.25) is 0 Å². The lowest BCUT2D eigenvalue weighted by molar-refractivity contribution is 1.07. The molecule has 0 spiro atoms. The molecular formula is C64H44N6. The first-order valence-electron chi connectivity index (χ1n) is 23.5. The zero-order chi connectivity index (χ0) is 46.6. The van der Waals surface area contributed by atoms with Gasteiger partial charge in [-0.1, -0.05) is 212 Å². The number of nitrogens with zero attached hydrogens (tertiary/aromatic N) is 6. The van der Waals surface area contributed by atoms with Crippen molar-refractivity contribution in [1.82, 2.24) is 24.3 Å². The maximum absolute atomic E-state index is 5.17. The first-order valence-corrected chi connectivity index (χ1v) is 23.5. The van der Waals surface area contributed by atoms with Gasteiger partial charge in [-0.3, -0.25) is 4.40 Å². The summed E-state index contributed by atoms with van der Waals surface area (Å²) in [6, 6.07) is 90.8. The van der Waals surface area contributed by atoms with E-state index in [-0.39, 0.29) is 0 Å². The summed E-state index contributed by atoms with van der Waals surface area (Å²) in [5.41, 5.74) is 17.7. The van der Waals surface area contributed by atoms with Crippen molar-refractivity contribution in [2.24, 2.45) is 0 Å². The molecule has 6 nitrogen and oxygen atoms in total. The summed E-state index contributed by atoms with van der Waals surface area (Å²) in [5.74, 6) is 1.85. The summed E-state index contributed by atoms with van der Waals surface area (Å²) >= 11 is 0. The summed E-state index contributed by atoms with van der Waals surface area (Å²) in [6.07, 6.45) is 2.09. The van der Waals surface area contributed by atoms with Crippen molar-refractivity contribution < 1.29 is 0 Å². The number of pyridine rings is 1. The van der Waals surface area contributed by atoms with Crippen LogP contribution in [0.25, 0.3) is 95.7 Å². The highest BCUT2D eigenvalue weighted by atomic mass is 15.1. The Bertz CT molecular complexity index is 3610. The molecule has 0 radical (unpaired) electrons. The van der Waals surface area contributed by atoms with Gasteiger partial charge >= 0.3 is 0 Å². The molecule has 9 aromatic carbocycles. The van der Waals surface area contributed by atoms with Crippen LogP contribution in [0, 0.1) is 0 Å². The maximum Gasteiger partial charge on any atom is 0.164 e. The second-order valence-corrected chi connectivity index (χ2v) is 17.1. The van der Waals surface area contributed by atoms with Crippen LogP contribution in [0.5, 0.6) is 0 Å². The zero-order valence-electron chi connectivity index (χ0n) is 38.1. The fraction of sp³-hybridized carbons (Fsp3) is 0. The summed E-state index contributed by atoms with van der Waals surface area (Å²) in [6.45, 7) is 0. The van der Waals surface area contributed by atoms with E-state index in [0.717, 1.165) is 95.3 Å². The maximum atomic E-state index is 5.17. The molecule has 0 aliphatic rings. The van der Waals surface area contributed by atoms with E-state index in [9.17, 15) is 0 Å². The van der Waals surface area contributed by atoms with Gasteiger partial charge in [0, 0.05) is 51.1 Å². The van der Waals surface area contributed by atoms with Crippen LogP contribution in [-0.4, -0.2) is 24.3 Å². The molecule has 330 valence electrons. The third-order valence-electron chi connectivity index (χ3n) is 12.7. The van der Waals surface area contributed by atoms with E-state index in [2.05, 4.69) is 252 Å². The highest BCUT2D eigenvalue weighted by Crippen LogP contribution is 2.40. The van der Waals surface area contributed by atoms with Crippen molar-refractivity contribution in [2.45, 2.75) is 0 Å². The minimum absolute atomic E-state index is 0.612. The Balaban J connectivity index is 0.866. The molecule has 70 heavy (non-hydrogen) atoms. The molecule has 0 aliphatic heterocycles. The number of benzene rings is 9. The van der Waals surface area contributed by atoms with Crippen molar-refractivity contribution in [3.8, 4) is 90.1 Å². The molecule has 3 heterocycles. The molecule has 12 rings (SSSR count). The Morgan fingerprint density at radius 2 is 0.614 bits per heavy atom. The lowest BCUT2D eigenvalue weighted by atomic mass is 10.0. The highest BCUT2D eigenvalue weighted by Gasteiger charge is 2.19. The zero-order valence-corrected chi connectivity index (χ0v) is 38.1. The number of fused-ring (bicyclic) bond motifs is 1. The number of imidazole rings is 1. The van der Waals surface area contributed by atoms with Gasteiger partial charge in [0.1, 0.15) is 5.65 Å². The number of rotatable bonds is 11. The molecule has 0 saturated carbocycles. The van der Waals surface area contributed by atoms with Crippen LogP contribution >= 0.6 is 0 Å². The van der Waals surface area contributed by atoms with Gasteiger partial charge in [0.15, 0.2) is 17.5 Å². The van der Waals surface area contributed by atoms with Crippen LogP contribution in [0.4, 0.5) is 17.1 Å². The standard InChI is InChI=1S/C64H44N6/c1-5-16-45(17-6-1)47-27-33-52(34-28-47)62-66-63(53-35-29-48(30-36-53)46-18-7-2-8-19-46)68-64(67-62)54-37-31-49(32-38-54)50-39-41-57(42-40-50)70(56-23-11-4-12-24-56)58-25-15-22-55(44-58)60-61(51-20-9-3-10-21-51)69-43-14-13-26-59(69)65-60/h1-44H. The predicted octanol–water partition coefficient (Wildman–Crippen LogP) is 16.3. The van der Waals surface area contributed by atoms with Crippen LogP contribution < -0.4 is 4.90 Å². The summed E-state index contributed by atoms with van der Waals surface area (Å²) in [7, 11) is 0. The van der Waals surface area contributed by atoms with Gasteiger partial charge in [0.25, 0.3) is 0 Å². The number of para-hydroxylation sites is 1. The molecule has 12 aromatic rings. The normalized spacial score (nSPS) is 11.1. The number of hydrogen-bond donors (Lipinski definition) is 0. The van der Waals surface area contributed by atoms with Gasteiger partial charge in [-0.25, -0.2) is 19.9 Å². The van der Waals surface area contributed by atoms with Crippen molar-refractivity contribution >= 4 is 22.7 Å². The summed E-state index contributed by atoms with van der Waals surface area (Å²) < 4.78 is 2.17. The van der Waals surface area contributed by atoms with Gasteiger partial charge in [0.2, 0.25) is 0 Å². The molecule has 0 bridgehead atoms. The SMILES string of the molecule is c1ccc(-c2ccc(-c3nc(-c4ccc(-c5ccccc5)cc4)nc(-c4ccc(-c5ccc(N(c6ccccc6)c6cccc(-c7nc8ccccn8c7-c7ccccc7)c6)cc5)cc4)n3)cc2)cc1. The summed E-state index contributed by atoms with van der Waals surface area (Å²) in [4.78, 5) is 22.7. The molecule has 0 aliphatic carbocycles. The van der Waals surface area contributed by atoms with Gasteiger partial charge < -0.3 is 4.90 Å². The summed E-state index contributed by atoms with van der Waals surface area (Å²) in [5, 5.41) is 0. The van der Waals surface area contributed by atoms with Crippen molar-refractivity contribution in [1.29, 1.82) is 0 Å². The topological polar surface area (TPSA) is 59.2 Å². The van der Waals surface area contributed by atoms with E-state index < -0.39 is 0 Å². The largest absolute Gasteiger partial charge is 0.310 e. The molecule has 0 fully saturated rings. The van der Waals surface area contributed by atoms with Gasteiger partial charge in [-0.05, 0) is 81.9 Å². The molecular weight excluding hydrogens is 853 g/mol. The second-order valence-electron chi connectivity index (χ2n) is 17.1. The third kappa shape index (κ3) is 8.42. The van der Waals surface area contributed by atoms with Crippen molar-refractivity contribution in [3.05, 3.63) is 267 Å². The number of aromatic nitrogens is 5. The Kier molecular flexibility index (Phi) is 11.1. The Hall–Kier alpha value is -9.52. The van der Waals surface area contributed by atoms with Crippen LogP contribution in [0.1, 0.15) is 0 Å². The van der Waals surface area contributed by atoms with E-state index in [1.807, 2.05) is 24.3 Å².